The molecule has 0 aromatic heterocycles. The quantitative estimate of drug-likeness (QED) is 0.266. The van der Waals surface area contributed by atoms with E-state index in [-0.39, 0.29) is 0 Å². The van der Waals surface area contributed by atoms with Crippen LogP contribution in [-0.4, -0.2) is 12.2 Å². The SMILES string of the molecule is CNc1ccc(O)cc1.NN. The van der Waals surface area contributed by atoms with Crippen molar-refractivity contribution in [2.45, 2.75) is 0 Å². The summed E-state index contributed by atoms with van der Waals surface area (Å²) in [5, 5.41) is 11.8. The van der Waals surface area contributed by atoms with Gasteiger partial charge in [0.2, 0.25) is 0 Å². The summed E-state index contributed by atoms with van der Waals surface area (Å²) in [5.41, 5.74) is 1.01. The van der Waals surface area contributed by atoms with Crippen molar-refractivity contribution in [2.75, 3.05) is 12.4 Å². The van der Waals surface area contributed by atoms with Crippen LogP contribution in [-0.2, 0) is 0 Å². The Hall–Kier alpha value is -1.26. The van der Waals surface area contributed by atoms with E-state index < -0.39 is 0 Å². The van der Waals surface area contributed by atoms with Gasteiger partial charge in [0.05, 0.1) is 0 Å². The molecule has 0 aliphatic carbocycles. The second-order valence-corrected chi connectivity index (χ2v) is 1.80. The number of phenols is 1. The third kappa shape index (κ3) is 3.44. The van der Waals surface area contributed by atoms with Gasteiger partial charge in [-0.05, 0) is 24.3 Å². The number of nitrogens with two attached hydrogens (primary N) is 2. The molecule has 11 heavy (non-hydrogen) atoms. The van der Waals surface area contributed by atoms with Gasteiger partial charge in [-0.25, -0.2) is 0 Å². The summed E-state index contributed by atoms with van der Waals surface area (Å²) in [6, 6.07) is 6.92. The van der Waals surface area contributed by atoms with Gasteiger partial charge in [-0.2, -0.15) is 0 Å². The van der Waals surface area contributed by atoms with E-state index in [1.807, 2.05) is 19.2 Å². The third-order valence-electron chi connectivity index (χ3n) is 1.16. The first-order valence-electron chi connectivity index (χ1n) is 3.13. The van der Waals surface area contributed by atoms with Crippen molar-refractivity contribution in [3.05, 3.63) is 24.3 Å². The lowest BCUT2D eigenvalue weighted by Gasteiger charge is -1.96. The fourth-order valence-electron chi connectivity index (χ4n) is 0.628. The van der Waals surface area contributed by atoms with Gasteiger partial charge in [0, 0.05) is 12.7 Å². The summed E-state index contributed by atoms with van der Waals surface area (Å²) < 4.78 is 0. The van der Waals surface area contributed by atoms with Crippen LogP contribution in [0.25, 0.3) is 0 Å². The molecule has 0 unspecified atom stereocenters. The summed E-state index contributed by atoms with van der Waals surface area (Å²) in [4.78, 5) is 0. The summed E-state index contributed by atoms with van der Waals surface area (Å²) >= 11 is 0. The lowest BCUT2D eigenvalue weighted by molar-refractivity contribution is 0.475. The Morgan fingerprint density at radius 3 is 2.00 bits per heavy atom. The van der Waals surface area contributed by atoms with Gasteiger partial charge in [0.25, 0.3) is 0 Å². The smallest absolute Gasteiger partial charge is 0.115 e. The highest BCUT2D eigenvalue weighted by Crippen LogP contribution is 2.12. The molecule has 0 atom stereocenters. The van der Waals surface area contributed by atoms with Crippen molar-refractivity contribution in [3.63, 3.8) is 0 Å². The molecule has 1 aromatic rings. The Morgan fingerprint density at radius 1 is 1.18 bits per heavy atom. The lowest BCUT2D eigenvalue weighted by atomic mass is 10.3. The van der Waals surface area contributed by atoms with E-state index in [2.05, 4.69) is 17.0 Å². The molecular weight excluding hydrogens is 142 g/mol. The van der Waals surface area contributed by atoms with Crippen molar-refractivity contribution in [1.82, 2.24) is 0 Å². The van der Waals surface area contributed by atoms with Crippen molar-refractivity contribution in [2.24, 2.45) is 11.7 Å². The van der Waals surface area contributed by atoms with Crippen molar-refractivity contribution in [1.29, 1.82) is 0 Å². The number of hydrogen-bond donors (Lipinski definition) is 4. The van der Waals surface area contributed by atoms with E-state index in [1.54, 1.807) is 12.1 Å². The fraction of sp³-hybridized carbons (Fsp3) is 0.143. The molecule has 0 aliphatic rings. The van der Waals surface area contributed by atoms with Gasteiger partial charge >= 0.3 is 0 Å². The number of phenolic OH excluding ortho intramolecular Hbond substituents is 1. The number of nitrogens with one attached hydrogen (secondary N) is 1. The zero-order chi connectivity index (χ0) is 8.69. The van der Waals surface area contributed by atoms with Crippen LogP contribution in [0.1, 0.15) is 0 Å². The first-order chi connectivity index (χ1) is 5.33. The van der Waals surface area contributed by atoms with Gasteiger partial charge in [0.15, 0.2) is 0 Å². The first kappa shape index (κ1) is 9.74. The topological polar surface area (TPSA) is 84.3 Å². The van der Waals surface area contributed by atoms with Crippen LogP contribution in [0.4, 0.5) is 5.69 Å². The molecular formula is C7H13N3O. The Kier molecular flexibility index (Phi) is 4.89. The summed E-state index contributed by atoms with van der Waals surface area (Å²) in [6.45, 7) is 0. The highest BCUT2D eigenvalue weighted by atomic mass is 16.3. The van der Waals surface area contributed by atoms with Gasteiger partial charge in [0.1, 0.15) is 5.75 Å². The minimum Gasteiger partial charge on any atom is -0.508 e. The van der Waals surface area contributed by atoms with E-state index in [0.717, 1.165) is 5.69 Å². The monoisotopic (exact) mass is 155 g/mol. The van der Waals surface area contributed by atoms with Gasteiger partial charge in [-0.3, -0.25) is 11.7 Å². The van der Waals surface area contributed by atoms with E-state index in [9.17, 15) is 0 Å². The molecule has 0 heterocycles. The molecule has 0 saturated carbocycles. The standard InChI is InChI=1S/C7H9NO.H4N2/c1-8-6-2-4-7(9)5-3-6;1-2/h2-5,8-9H,1H3;1-2H2. The highest BCUT2D eigenvalue weighted by Gasteiger charge is 1.85. The largest absolute Gasteiger partial charge is 0.508 e. The average Bonchev–Trinajstić information content (AvgIpc) is 2.10. The van der Waals surface area contributed by atoms with Crippen LogP contribution in [0.5, 0.6) is 5.75 Å². The van der Waals surface area contributed by atoms with E-state index >= 15 is 0 Å². The zero-order valence-corrected chi connectivity index (χ0v) is 6.41. The van der Waals surface area contributed by atoms with Gasteiger partial charge < -0.3 is 10.4 Å². The van der Waals surface area contributed by atoms with Crippen LogP contribution < -0.4 is 17.0 Å². The molecule has 0 spiro atoms. The number of anilines is 1. The van der Waals surface area contributed by atoms with Crippen LogP contribution in [0.15, 0.2) is 24.3 Å². The molecule has 0 aliphatic heterocycles. The number of rotatable bonds is 1. The zero-order valence-electron chi connectivity index (χ0n) is 6.41. The van der Waals surface area contributed by atoms with Crippen molar-refractivity contribution >= 4 is 5.69 Å². The number of aromatic hydroxyl groups is 1. The molecule has 1 aromatic carbocycles. The Morgan fingerprint density at radius 2 is 1.64 bits per heavy atom. The van der Waals surface area contributed by atoms with E-state index in [4.69, 9.17) is 5.11 Å². The summed E-state index contributed by atoms with van der Waals surface area (Å²) in [7, 11) is 1.84. The summed E-state index contributed by atoms with van der Waals surface area (Å²) in [5.74, 6) is 8.30. The molecule has 4 nitrogen and oxygen atoms in total. The average molecular weight is 155 g/mol. The molecule has 1 rings (SSSR count). The van der Waals surface area contributed by atoms with Crippen molar-refractivity contribution in [3.8, 4) is 5.75 Å². The van der Waals surface area contributed by atoms with E-state index in [0.29, 0.717) is 5.75 Å². The molecule has 0 saturated heterocycles. The van der Waals surface area contributed by atoms with Gasteiger partial charge in [-0.1, -0.05) is 0 Å². The maximum absolute atomic E-state index is 8.82. The molecule has 62 valence electrons. The maximum Gasteiger partial charge on any atom is 0.115 e. The van der Waals surface area contributed by atoms with Crippen molar-refractivity contribution < 1.29 is 5.11 Å². The summed E-state index contributed by atoms with van der Waals surface area (Å²) in [6.07, 6.45) is 0. The predicted molar refractivity (Wildman–Crippen MR) is 46.0 cm³/mol. The molecule has 0 fully saturated rings. The molecule has 4 heteroatoms. The second-order valence-electron chi connectivity index (χ2n) is 1.80. The normalized spacial score (nSPS) is 7.91. The lowest BCUT2D eigenvalue weighted by Crippen LogP contribution is -2.02. The van der Waals surface area contributed by atoms with Crippen LogP contribution in [0, 0.1) is 0 Å². The number of benzene rings is 1. The highest BCUT2D eigenvalue weighted by molar-refractivity contribution is 5.45. The minimum atomic E-state index is 0.300. The molecule has 6 N–H and O–H groups in total. The number of hydrogen-bond acceptors (Lipinski definition) is 4. The Bertz CT molecular complexity index is 185. The van der Waals surface area contributed by atoms with Crippen LogP contribution >= 0.6 is 0 Å². The number of hydrazine groups is 1. The Labute approximate surface area is 65.8 Å². The third-order valence-corrected chi connectivity index (χ3v) is 1.16. The minimum absolute atomic E-state index is 0.300. The fourth-order valence-corrected chi connectivity index (χ4v) is 0.628. The van der Waals surface area contributed by atoms with Gasteiger partial charge in [-0.15, -0.1) is 0 Å². The van der Waals surface area contributed by atoms with E-state index in [1.165, 1.54) is 0 Å². The van der Waals surface area contributed by atoms with Crippen LogP contribution in [0.2, 0.25) is 0 Å². The second kappa shape index (κ2) is 5.52. The molecule has 0 bridgehead atoms. The molecule has 0 amide bonds. The van der Waals surface area contributed by atoms with Crippen LogP contribution in [0.3, 0.4) is 0 Å². The predicted octanol–water partition coefficient (Wildman–Crippen LogP) is 0.253. The maximum atomic E-state index is 8.82. The molecule has 0 radical (unpaired) electrons. The first-order valence-corrected chi connectivity index (χ1v) is 3.13. The Balaban J connectivity index is 0.000000461.